The van der Waals surface area contributed by atoms with E-state index in [0.717, 1.165) is 32.4 Å². The molecular formula is C16H23N3O. The zero-order chi connectivity index (χ0) is 13.9. The molecule has 3 N–H and O–H groups in total. The molecule has 0 bridgehead atoms. The van der Waals surface area contributed by atoms with Gasteiger partial charge in [0.05, 0.1) is 6.04 Å². The molecule has 108 valence electrons. The number of carbonyl (C=O) groups is 1. The van der Waals surface area contributed by atoms with Gasteiger partial charge < -0.3 is 16.0 Å². The van der Waals surface area contributed by atoms with E-state index in [0.29, 0.717) is 0 Å². The Bertz CT molecular complexity index is 480. The van der Waals surface area contributed by atoms with Crippen LogP contribution in [0.1, 0.15) is 42.9 Å². The smallest absolute Gasteiger partial charge is 0.317 e. The zero-order valence-corrected chi connectivity index (χ0v) is 11.8. The molecule has 0 aromatic heterocycles. The minimum atomic E-state index is -0.0399. The molecule has 2 atom stereocenters. The van der Waals surface area contributed by atoms with Gasteiger partial charge in [-0.1, -0.05) is 37.1 Å². The predicted molar refractivity (Wildman–Crippen MR) is 79.4 cm³/mol. The van der Waals surface area contributed by atoms with Gasteiger partial charge in [0.25, 0.3) is 0 Å². The fourth-order valence-electron chi connectivity index (χ4n) is 3.31. The second-order valence-electron chi connectivity index (χ2n) is 5.90. The number of nitrogens with two attached hydrogens (primary N) is 1. The highest BCUT2D eigenvalue weighted by Gasteiger charge is 2.31. The lowest BCUT2D eigenvalue weighted by Crippen LogP contribution is -2.46. The topological polar surface area (TPSA) is 58.4 Å². The van der Waals surface area contributed by atoms with Gasteiger partial charge in [-0.3, -0.25) is 0 Å². The van der Waals surface area contributed by atoms with Crippen LogP contribution < -0.4 is 11.1 Å². The first-order valence-electron chi connectivity index (χ1n) is 7.64. The maximum absolute atomic E-state index is 12.4. The van der Waals surface area contributed by atoms with Gasteiger partial charge in [-0.05, 0) is 30.4 Å². The molecule has 4 nitrogen and oxygen atoms in total. The molecule has 1 aliphatic heterocycles. The van der Waals surface area contributed by atoms with Crippen molar-refractivity contribution in [2.75, 3.05) is 13.1 Å². The summed E-state index contributed by atoms with van der Waals surface area (Å²) in [6.07, 6.45) is 5.54. The second-order valence-corrected chi connectivity index (χ2v) is 5.90. The van der Waals surface area contributed by atoms with Crippen LogP contribution in [0.4, 0.5) is 4.79 Å². The summed E-state index contributed by atoms with van der Waals surface area (Å²) < 4.78 is 0. The fraction of sp³-hybridized carbons (Fsp3) is 0.562. The number of carbonyl (C=O) groups excluding carboxylic acids is 1. The number of nitrogens with zero attached hydrogens (tertiary/aromatic N) is 1. The Morgan fingerprint density at radius 3 is 2.60 bits per heavy atom. The first-order chi connectivity index (χ1) is 9.75. The Labute approximate surface area is 120 Å². The molecule has 1 fully saturated rings. The van der Waals surface area contributed by atoms with Crippen molar-refractivity contribution >= 4 is 6.03 Å². The second kappa shape index (κ2) is 5.83. The summed E-state index contributed by atoms with van der Waals surface area (Å²) in [5.41, 5.74) is 8.65. The molecule has 0 radical (unpaired) electrons. The molecule has 0 spiro atoms. The van der Waals surface area contributed by atoms with Crippen molar-refractivity contribution in [3.05, 3.63) is 35.4 Å². The van der Waals surface area contributed by atoms with Crippen LogP contribution in [0.25, 0.3) is 0 Å². The highest BCUT2D eigenvalue weighted by Crippen LogP contribution is 2.30. The summed E-state index contributed by atoms with van der Waals surface area (Å²) in [4.78, 5) is 14.4. The van der Waals surface area contributed by atoms with Gasteiger partial charge in [-0.15, -0.1) is 0 Å². The number of benzene rings is 1. The van der Waals surface area contributed by atoms with E-state index in [1.807, 2.05) is 17.0 Å². The van der Waals surface area contributed by atoms with Crippen molar-refractivity contribution in [2.45, 2.75) is 44.2 Å². The largest absolute Gasteiger partial charge is 0.330 e. The van der Waals surface area contributed by atoms with E-state index in [-0.39, 0.29) is 18.1 Å². The Balaban J connectivity index is 1.69. The SMILES string of the molecule is NC1Cc2ccccc2C1NC(=O)N1CCCCCC1. The number of fused-ring (bicyclic) bond motifs is 1. The molecule has 2 unspecified atom stereocenters. The standard InChI is InChI=1S/C16H23N3O/c17-14-11-12-7-3-4-8-13(12)15(14)18-16(20)19-9-5-1-2-6-10-19/h3-4,7-8,14-15H,1-2,5-6,9-11,17H2,(H,18,20). The van der Waals surface area contributed by atoms with Crippen molar-refractivity contribution in [1.82, 2.24) is 10.2 Å². The summed E-state index contributed by atoms with van der Waals surface area (Å²) in [6.45, 7) is 1.74. The third kappa shape index (κ3) is 2.66. The van der Waals surface area contributed by atoms with Crippen LogP contribution in [0.5, 0.6) is 0 Å². The number of hydrogen-bond acceptors (Lipinski definition) is 2. The fourth-order valence-corrected chi connectivity index (χ4v) is 3.31. The minimum Gasteiger partial charge on any atom is -0.330 e. The number of hydrogen-bond donors (Lipinski definition) is 2. The van der Waals surface area contributed by atoms with E-state index < -0.39 is 0 Å². The number of urea groups is 1. The average molecular weight is 273 g/mol. The highest BCUT2D eigenvalue weighted by molar-refractivity contribution is 5.75. The summed E-state index contributed by atoms with van der Waals surface area (Å²) in [6, 6.07) is 8.23. The molecule has 20 heavy (non-hydrogen) atoms. The molecule has 3 rings (SSSR count). The average Bonchev–Trinajstić information content (AvgIpc) is 2.66. The van der Waals surface area contributed by atoms with Crippen molar-refractivity contribution in [1.29, 1.82) is 0 Å². The van der Waals surface area contributed by atoms with E-state index in [9.17, 15) is 4.79 Å². The third-order valence-corrected chi connectivity index (χ3v) is 4.45. The maximum atomic E-state index is 12.4. The summed E-state index contributed by atoms with van der Waals surface area (Å²) >= 11 is 0. The maximum Gasteiger partial charge on any atom is 0.317 e. The Morgan fingerprint density at radius 2 is 1.85 bits per heavy atom. The molecule has 1 heterocycles. The Hall–Kier alpha value is -1.55. The third-order valence-electron chi connectivity index (χ3n) is 4.45. The number of likely N-dealkylation sites (tertiary alicyclic amines) is 1. The zero-order valence-electron chi connectivity index (χ0n) is 11.8. The lowest BCUT2D eigenvalue weighted by atomic mass is 10.1. The van der Waals surface area contributed by atoms with Crippen LogP contribution in [-0.4, -0.2) is 30.1 Å². The summed E-state index contributed by atoms with van der Waals surface area (Å²) in [5, 5.41) is 3.14. The molecule has 1 aromatic rings. The molecule has 1 aromatic carbocycles. The quantitative estimate of drug-likeness (QED) is 0.824. The van der Waals surface area contributed by atoms with Crippen LogP contribution in [-0.2, 0) is 6.42 Å². The van der Waals surface area contributed by atoms with E-state index in [1.54, 1.807) is 0 Å². The Kier molecular flexibility index (Phi) is 3.92. The monoisotopic (exact) mass is 273 g/mol. The number of nitrogens with one attached hydrogen (secondary N) is 1. The van der Waals surface area contributed by atoms with Crippen molar-refractivity contribution in [3.8, 4) is 0 Å². The van der Waals surface area contributed by atoms with Gasteiger partial charge in [0.15, 0.2) is 0 Å². The molecule has 4 heteroatoms. The molecule has 2 aliphatic rings. The van der Waals surface area contributed by atoms with Crippen LogP contribution in [0.2, 0.25) is 0 Å². The van der Waals surface area contributed by atoms with Gasteiger partial charge in [0.2, 0.25) is 0 Å². The van der Waals surface area contributed by atoms with Crippen LogP contribution >= 0.6 is 0 Å². The van der Waals surface area contributed by atoms with Crippen molar-refractivity contribution < 1.29 is 4.79 Å². The van der Waals surface area contributed by atoms with E-state index in [1.165, 1.54) is 24.0 Å². The predicted octanol–water partition coefficient (Wildman–Crippen LogP) is 2.20. The molecule has 1 saturated heterocycles. The van der Waals surface area contributed by atoms with E-state index in [4.69, 9.17) is 5.73 Å². The normalized spacial score (nSPS) is 25.9. The van der Waals surface area contributed by atoms with Gasteiger partial charge in [0.1, 0.15) is 0 Å². The molecule has 0 saturated carbocycles. The van der Waals surface area contributed by atoms with Crippen molar-refractivity contribution in [3.63, 3.8) is 0 Å². The molecular weight excluding hydrogens is 250 g/mol. The number of rotatable bonds is 1. The van der Waals surface area contributed by atoms with E-state index in [2.05, 4.69) is 17.4 Å². The van der Waals surface area contributed by atoms with Gasteiger partial charge in [-0.25, -0.2) is 4.79 Å². The van der Waals surface area contributed by atoms with E-state index >= 15 is 0 Å². The van der Waals surface area contributed by atoms with Crippen LogP contribution in [0.3, 0.4) is 0 Å². The van der Waals surface area contributed by atoms with Gasteiger partial charge >= 0.3 is 6.03 Å². The van der Waals surface area contributed by atoms with Gasteiger partial charge in [-0.2, -0.15) is 0 Å². The lowest BCUT2D eigenvalue weighted by Gasteiger charge is -2.25. The molecule has 2 amide bonds. The highest BCUT2D eigenvalue weighted by atomic mass is 16.2. The first kappa shape index (κ1) is 13.4. The first-order valence-corrected chi connectivity index (χ1v) is 7.64. The van der Waals surface area contributed by atoms with Crippen LogP contribution in [0.15, 0.2) is 24.3 Å². The Morgan fingerprint density at radius 1 is 1.15 bits per heavy atom. The van der Waals surface area contributed by atoms with Gasteiger partial charge in [0, 0.05) is 19.1 Å². The summed E-state index contributed by atoms with van der Waals surface area (Å²) in [5.74, 6) is 0. The lowest BCUT2D eigenvalue weighted by molar-refractivity contribution is 0.194. The number of amides is 2. The molecule has 1 aliphatic carbocycles. The van der Waals surface area contributed by atoms with Crippen molar-refractivity contribution in [2.24, 2.45) is 5.73 Å². The van der Waals surface area contributed by atoms with Crippen LogP contribution in [0, 0.1) is 0 Å². The minimum absolute atomic E-state index is 0.0108. The summed E-state index contributed by atoms with van der Waals surface area (Å²) in [7, 11) is 0.